The van der Waals surface area contributed by atoms with Gasteiger partial charge in [0, 0.05) is 12.6 Å². The van der Waals surface area contributed by atoms with Gasteiger partial charge in [-0.2, -0.15) is 4.98 Å². The monoisotopic (exact) mass is 485 g/mol. The van der Waals surface area contributed by atoms with Gasteiger partial charge in [0.05, 0.1) is 20.8 Å². The summed E-state index contributed by atoms with van der Waals surface area (Å²) in [6.07, 6.45) is 1.05. The average Bonchev–Trinajstić information content (AvgIpc) is 2.92. The molecular weight excluding hydrogens is 469 g/mol. The molecule has 2 heterocycles. The molecule has 0 spiro atoms. The van der Waals surface area contributed by atoms with Crippen molar-refractivity contribution in [2.24, 2.45) is 0 Å². The number of hydrogen-bond acceptors (Lipinski definition) is 5. The van der Waals surface area contributed by atoms with E-state index < -0.39 is 10.0 Å². The van der Waals surface area contributed by atoms with Crippen LogP contribution >= 0.6 is 22.6 Å². The fraction of sp³-hybridized carbons (Fsp3) is 0.176. The van der Waals surface area contributed by atoms with Crippen LogP contribution in [0, 0.1) is 10.5 Å². The van der Waals surface area contributed by atoms with Crippen LogP contribution in [0.1, 0.15) is 15.9 Å². The minimum absolute atomic E-state index is 0.160. The number of aromatic nitrogens is 1. The van der Waals surface area contributed by atoms with E-state index in [1.807, 2.05) is 53.8 Å². The van der Waals surface area contributed by atoms with Gasteiger partial charge < -0.3 is 9.73 Å². The van der Waals surface area contributed by atoms with Crippen LogP contribution in [0.3, 0.4) is 0 Å². The molecule has 0 bridgehead atoms. The molecule has 0 saturated heterocycles. The third-order valence-electron chi connectivity index (χ3n) is 3.69. The molecule has 7 nitrogen and oxygen atoms in total. The number of amides is 1. The Morgan fingerprint density at radius 3 is 2.46 bits per heavy atom. The van der Waals surface area contributed by atoms with E-state index in [4.69, 9.17) is 4.42 Å². The topological polar surface area (TPSA) is 101 Å². The van der Waals surface area contributed by atoms with Gasteiger partial charge in [-0.05, 0) is 35.6 Å². The maximum absolute atomic E-state index is 12.5. The highest BCUT2D eigenvalue weighted by atomic mass is 127. The van der Waals surface area contributed by atoms with Crippen LogP contribution in [0.25, 0.3) is 22.4 Å². The van der Waals surface area contributed by atoms with Gasteiger partial charge in [0.15, 0.2) is 5.82 Å². The first-order chi connectivity index (χ1) is 12.2. The molecule has 3 aromatic rings. The highest BCUT2D eigenvalue weighted by Gasteiger charge is 2.24. The second-order valence-corrected chi connectivity index (χ2v) is 8.71. The van der Waals surface area contributed by atoms with Crippen LogP contribution in [0.15, 0.2) is 34.7 Å². The van der Waals surface area contributed by atoms with Crippen LogP contribution in [-0.2, 0) is 10.0 Å². The number of aryl methyl sites for hydroxylation is 1. The Kier molecular flexibility index (Phi) is 4.93. The molecule has 0 atom stereocenters. The van der Waals surface area contributed by atoms with E-state index in [0.717, 1.165) is 17.4 Å². The zero-order valence-corrected chi connectivity index (χ0v) is 17.2. The van der Waals surface area contributed by atoms with Crippen LogP contribution < -0.4 is 10.0 Å². The van der Waals surface area contributed by atoms with Crippen molar-refractivity contribution < 1.29 is 17.6 Å². The van der Waals surface area contributed by atoms with E-state index in [-0.39, 0.29) is 17.4 Å². The first-order valence-corrected chi connectivity index (χ1v) is 10.6. The lowest BCUT2D eigenvalue weighted by Crippen LogP contribution is -2.18. The molecule has 2 N–H and O–H groups in total. The Hall–Kier alpha value is -2.14. The summed E-state index contributed by atoms with van der Waals surface area (Å²) in [6, 6.07) is 9.25. The first kappa shape index (κ1) is 18.6. The van der Waals surface area contributed by atoms with E-state index in [0.29, 0.717) is 20.3 Å². The van der Waals surface area contributed by atoms with Gasteiger partial charge in [-0.1, -0.05) is 29.8 Å². The summed E-state index contributed by atoms with van der Waals surface area (Å²) in [7, 11) is -1.95. The molecule has 0 saturated carbocycles. The van der Waals surface area contributed by atoms with Crippen molar-refractivity contribution in [3.05, 3.63) is 45.0 Å². The smallest absolute Gasteiger partial charge is 0.255 e. The van der Waals surface area contributed by atoms with Gasteiger partial charge in [0.25, 0.3) is 5.91 Å². The van der Waals surface area contributed by atoms with Crippen molar-refractivity contribution >= 4 is 55.4 Å². The molecule has 3 rings (SSSR count). The maximum atomic E-state index is 12.5. The molecule has 0 aliphatic rings. The maximum Gasteiger partial charge on any atom is 0.255 e. The quantitative estimate of drug-likeness (QED) is 0.554. The molecule has 0 aliphatic carbocycles. The van der Waals surface area contributed by atoms with Crippen LogP contribution in [-0.4, -0.2) is 32.6 Å². The highest BCUT2D eigenvalue weighted by Crippen LogP contribution is 2.35. The summed E-state index contributed by atoms with van der Waals surface area (Å²) < 4.78 is 31.8. The Labute approximate surface area is 164 Å². The van der Waals surface area contributed by atoms with Gasteiger partial charge in [-0.15, -0.1) is 0 Å². The fourth-order valence-electron chi connectivity index (χ4n) is 2.50. The highest BCUT2D eigenvalue weighted by molar-refractivity contribution is 14.1. The zero-order chi connectivity index (χ0) is 19.1. The van der Waals surface area contributed by atoms with E-state index in [1.54, 1.807) is 6.07 Å². The number of furan rings is 1. The van der Waals surface area contributed by atoms with Crippen molar-refractivity contribution in [1.29, 1.82) is 0 Å². The first-order valence-electron chi connectivity index (χ1n) is 7.59. The summed E-state index contributed by atoms with van der Waals surface area (Å²) in [5, 5.41) is 3.13. The number of fused-ring (bicyclic) bond motifs is 1. The van der Waals surface area contributed by atoms with Crippen molar-refractivity contribution in [3.8, 4) is 11.3 Å². The molecule has 0 radical (unpaired) electrons. The second kappa shape index (κ2) is 6.88. The molecule has 2 aromatic heterocycles. The number of hydrogen-bond donors (Lipinski definition) is 2. The minimum Gasteiger partial charge on any atom is -0.437 e. The molecule has 1 aromatic carbocycles. The molecular formula is C17H16IN3O4S. The second-order valence-electron chi connectivity index (χ2n) is 5.80. The van der Waals surface area contributed by atoms with Gasteiger partial charge >= 0.3 is 0 Å². The largest absolute Gasteiger partial charge is 0.437 e. The third kappa shape index (κ3) is 3.68. The molecule has 0 aliphatic heterocycles. The average molecular weight is 485 g/mol. The minimum atomic E-state index is -3.49. The Morgan fingerprint density at radius 1 is 1.23 bits per heavy atom. The summed E-state index contributed by atoms with van der Waals surface area (Å²) in [5.41, 5.74) is 2.37. The lowest BCUT2D eigenvalue weighted by Gasteiger charge is -2.05. The number of carbonyl (C=O) groups excluding carboxylic acids is 1. The third-order valence-corrected chi connectivity index (χ3v) is 5.07. The SMILES string of the molecule is CNC(=O)c1c(-c2ccc(C)cc2)oc2nc(NS(C)(=O)=O)c(I)cc12. The van der Waals surface area contributed by atoms with Crippen molar-refractivity contribution in [2.45, 2.75) is 6.92 Å². The van der Waals surface area contributed by atoms with Crippen molar-refractivity contribution in [1.82, 2.24) is 10.3 Å². The number of rotatable bonds is 4. The number of anilines is 1. The van der Waals surface area contributed by atoms with Crippen molar-refractivity contribution in [3.63, 3.8) is 0 Å². The molecule has 1 amide bonds. The van der Waals surface area contributed by atoms with E-state index in [9.17, 15) is 13.2 Å². The van der Waals surface area contributed by atoms with Gasteiger partial charge in [-0.3, -0.25) is 9.52 Å². The predicted octanol–water partition coefficient (Wildman–Crippen LogP) is 3.14. The van der Waals surface area contributed by atoms with Crippen molar-refractivity contribution in [2.75, 3.05) is 18.0 Å². The summed E-state index contributed by atoms with van der Waals surface area (Å²) in [6.45, 7) is 1.97. The lowest BCUT2D eigenvalue weighted by molar-refractivity contribution is 0.0964. The molecule has 26 heavy (non-hydrogen) atoms. The number of nitrogens with zero attached hydrogens (tertiary/aromatic N) is 1. The molecule has 9 heteroatoms. The van der Waals surface area contributed by atoms with Gasteiger partial charge in [0.2, 0.25) is 15.7 Å². The number of pyridine rings is 1. The lowest BCUT2D eigenvalue weighted by atomic mass is 10.0. The number of nitrogens with one attached hydrogen (secondary N) is 2. The van der Waals surface area contributed by atoms with Gasteiger partial charge in [-0.25, -0.2) is 8.42 Å². The zero-order valence-electron chi connectivity index (χ0n) is 14.3. The van der Waals surface area contributed by atoms with Crippen LogP contribution in [0.2, 0.25) is 0 Å². The standard InChI is InChI=1S/C17H16IN3O4S/c1-9-4-6-10(7-5-9)14-13(16(22)19-2)11-8-12(18)15(20-17(11)25-14)21-26(3,23)24/h4-8H,1-3H3,(H,19,22)(H,20,21). The summed E-state index contributed by atoms with van der Waals surface area (Å²) in [4.78, 5) is 16.7. The molecule has 136 valence electrons. The van der Waals surface area contributed by atoms with Gasteiger partial charge in [0.1, 0.15) is 5.76 Å². The number of sulfonamides is 1. The Balaban J connectivity index is 2.27. The number of halogens is 1. The normalized spacial score (nSPS) is 11.5. The fourth-order valence-corrected chi connectivity index (χ4v) is 3.76. The van der Waals surface area contributed by atoms with E-state index in [1.165, 1.54) is 7.05 Å². The summed E-state index contributed by atoms with van der Waals surface area (Å²) >= 11 is 1.97. The van der Waals surface area contributed by atoms with E-state index in [2.05, 4.69) is 15.0 Å². The van der Waals surface area contributed by atoms with Crippen LogP contribution in [0.4, 0.5) is 5.82 Å². The Morgan fingerprint density at radius 2 is 1.88 bits per heavy atom. The number of carbonyl (C=O) groups is 1. The molecule has 0 fully saturated rings. The molecule has 0 unspecified atom stereocenters. The Bertz CT molecular complexity index is 1110. The summed E-state index contributed by atoms with van der Waals surface area (Å²) in [5.74, 6) is 0.244. The van der Waals surface area contributed by atoms with Crippen LogP contribution in [0.5, 0.6) is 0 Å². The number of benzene rings is 1. The van der Waals surface area contributed by atoms with E-state index >= 15 is 0 Å². The predicted molar refractivity (Wildman–Crippen MR) is 109 cm³/mol.